The number of hydrogen-bond donors (Lipinski definition) is 1. The molecule has 1 aromatic rings. The van der Waals surface area contributed by atoms with Gasteiger partial charge in [-0.25, -0.2) is 13.1 Å². The third-order valence-electron chi connectivity index (χ3n) is 3.87. The molecule has 0 bridgehead atoms. The van der Waals surface area contributed by atoms with Gasteiger partial charge in [-0.15, -0.1) is 0 Å². The van der Waals surface area contributed by atoms with Crippen LogP contribution in [-0.4, -0.2) is 45.1 Å². The van der Waals surface area contributed by atoms with Crippen molar-refractivity contribution >= 4 is 15.9 Å². The zero-order chi connectivity index (χ0) is 15.5. The number of rotatable bonds is 5. The first-order chi connectivity index (χ1) is 9.87. The lowest BCUT2D eigenvalue weighted by Crippen LogP contribution is -2.32. The van der Waals surface area contributed by atoms with Crippen LogP contribution in [0.15, 0.2) is 24.3 Å². The van der Waals surface area contributed by atoms with Gasteiger partial charge in [-0.3, -0.25) is 4.79 Å². The Morgan fingerprint density at radius 2 is 2.10 bits per heavy atom. The molecule has 1 amide bonds. The molecular formula is C15H22N2O3S. The van der Waals surface area contributed by atoms with E-state index in [9.17, 15) is 13.2 Å². The maximum Gasteiger partial charge on any atom is 0.223 e. The minimum Gasteiger partial charge on any atom is -0.342 e. The van der Waals surface area contributed by atoms with E-state index in [2.05, 4.69) is 23.8 Å². The van der Waals surface area contributed by atoms with Crippen LogP contribution < -0.4 is 4.72 Å². The van der Waals surface area contributed by atoms with Crippen molar-refractivity contribution in [3.8, 4) is 0 Å². The highest BCUT2D eigenvalue weighted by Gasteiger charge is 2.27. The van der Waals surface area contributed by atoms with Crippen LogP contribution in [0.5, 0.6) is 0 Å². The highest BCUT2D eigenvalue weighted by molar-refractivity contribution is 7.88. The number of benzene rings is 1. The topological polar surface area (TPSA) is 66.5 Å². The molecule has 1 N–H and O–H groups in total. The quantitative estimate of drug-likeness (QED) is 0.890. The number of likely N-dealkylation sites (tertiary alicyclic amines) is 1. The lowest BCUT2D eigenvalue weighted by Gasteiger charge is -2.17. The van der Waals surface area contributed by atoms with Crippen LogP contribution in [0.1, 0.15) is 29.9 Å². The predicted octanol–water partition coefficient (Wildman–Crippen LogP) is 1.25. The molecule has 1 atom stereocenters. The van der Waals surface area contributed by atoms with Crippen LogP contribution in [0.4, 0.5) is 0 Å². The summed E-state index contributed by atoms with van der Waals surface area (Å²) < 4.78 is 24.3. The fourth-order valence-electron chi connectivity index (χ4n) is 2.79. The van der Waals surface area contributed by atoms with Crippen molar-refractivity contribution in [2.24, 2.45) is 0 Å². The largest absolute Gasteiger partial charge is 0.342 e. The van der Waals surface area contributed by atoms with E-state index >= 15 is 0 Å². The van der Waals surface area contributed by atoms with Gasteiger partial charge in [-0.1, -0.05) is 24.3 Å². The fraction of sp³-hybridized carbons (Fsp3) is 0.533. The molecule has 1 aromatic carbocycles. The summed E-state index contributed by atoms with van der Waals surface area (Å²) in [6.07, 6.45) is 2.28. The maximum absolute atomic E-state index is 12.1. The summed E-state index contributed by atoms with van der Waals surface area (Å²) in [5.74, 6) is 0.403. The average molecular weight is 310 g/mol. The molecule has 0 aromatic heterocycles. The summed E-state index contributed by atoms with van der Waals surface area (Å²) in [4.78, 5) is 13.9. The first-order valence-electron chi connectivity index (χ1n) is 7.15. The van der Waals surface area contributed by atoms with Crippen LogP contribution in [-0.2, 0) is 14.8 Å². The van der Waals surface area contributed by atoms with E-state index in [1.807, 2.05) is 17.0 Å². The number of sulfonamides is 1. The van der Waals surface area contributed by atoms with E-state index in [-0.39, 0.29) is 18.9 Å². The summed E-state index contributed by atoms with van der Waals surface area (Å²) in [7, 11) is -3.22. The Kier molecular flexibility index (Phi) is 5.00. The third-order valence-corrected chi connectivity index (χ3v) is 4.60. The minimum atomic E-state index is -3.22. The lowest BCUT2D eigenvalue weighted by atomic mass is 9.94. The van der Waals surface area contributed by atoms with E-state index in [1.54, 1.807) is 0 Å². The average Bonchev–Trinajstić information content (AvgIpc) is 2.87. The van der Waals surface area contributed by atoms with Crippen LogP contribution in [0.3, 0.4) is 0 Å². The van der Waals surface area contributed by atoms with Crippen molar-refractivity contribution in [1.82, 2.24) is 9.62 Å². The molecule has 1 aliphatic heterocycles. The standard InChI is InChI=1S/C15H22N2O3S/c1-12-5-3-4-6-14(12)13-8-10-17(11-13)15(18)7-9-16-21(2,19)20/h3-6,13,16H,7-11H2,1-2H3/t13-/m1/s1. The third kappa shape index (κ3) is 4.54. The summed E-state index contributed by atoms with van der Waals surface area (Å²) >= 11 is 0. The van der Waals surface area contributed by atoms with Gasteiger partial charge < -0.3 is 4.90 Å². The molecule has 1 heterocycles. The fourth-order valence-corrected chi connectivity index (χ4v) is 3.26. The monoisotopic (exact) mass is 310 g/mol. The second-order valence-electron chi connectivity index (χ2n) is 5.60. The second-order valence-corrected chi connectivity index (χ2v) is 7.43. The Labute approximate surface area is 126 Å². The van der Waals surface area contributed by atoms with Crippen LogP contribution in [0.25, 0.3) is 0 Å². The molecule has 1 fully saturated rings. The molecule has 116 valence electrons. The molecule has 1 aliphatic rings. The number of carbonyl (C=O) groups is 1. The Bertz CT molecular complexity index is 613. The van der Waals surface area contributed by atoms with E-state index in [0.717, 1.165) is 25.8 Å². The Morgan fingerprint density at radius 3 is 2.76 bits per heavy atom. The van der Waals surface area contributed by atoms with Gasteiger partial charge in [0.25, 0.3) is 0 Å². The molecule has 21 heavy (non-hydrogen) atoms. The summed E-state index contributed by atoms with van der Waals surface area (Å²) in [5, 5.41) is 0. The van der Waals surface area contributed by atoms with Crippen LogP contribution in [0.2, 0.25) is 0 Å². The number of nitrogens with one attached hydrogen (secondary N) is 1. The van der Waals surface area contributed by atoms with Gasteiger partial charge in [-0.05, 0) is 24.5 Å². The summed E-state index contributed by atoms with van der Waals surface area (Å²) in [6.45, 7) is 3.73. The van der Waals surface area contributed by atoms with Gasteiger partial charge >= 0.3 is 0 Å². The Morgan fingerprint density at radius 1 is 1.38 bits per heavy atom. The van der Waals surface area contributed by atoms with Gasteiger partial charge in [0.1, 0.15) is 0 Å². The van der Waals surface area contributed by atoms with E-state index in [1.165, 1.54) is 11.1 Å². The molecule has 5 nitrogen and oxygen atoms in total. The van der Waals surface area contributed by atoms with E-state index in [0.29, 0.717) is 5.92 Å². The van der Waals surface area contributed by atoms with Gasteiger partial charge in [0.15, 0.2) is 0 Å². The van der Waals surface area contributed by atoms with Crippen molar-refractivity contribution < 1.29 is 13.2 Å². The molecular weight excluding hydrogens is 288 g/mol. The summed E-state index contributed by atoms with van der Waals surface area (Å²) in [5.41, 5.74) is 2.57. The first-order valence-corrected chi connectivity index (χ1v) is 9.04. The van der Waals surface area contributed by atoms with E-state index < -0.39 is 10.0 Å². The minimum absolute atomic E-state index is 0.0160. The van der Waals surface area contributed by atoms with Crippen molar-refractivity contribution in [3.63, 3.8) is 0 Å². The number of nitrogens with zero attached hydrogens (tertiary/aromatic N) is 1. The smallest absolute Gasteiger partial charge is 0.223 e. The molecule has 2 rings (SSSR count). The van der Waals surface area contributed by atoms with Gasteiger partial charge in [0.2, 0.25) is 15.9 Å². The van der Waals surface area contributed by atoms with E-state index in [4.69, 9.17) is 0 Å². The Hall–Kier alpha value is -1.40. The molecule has 0 spiro atoms. The molecule has 0 aliphatic carbocycles. The second kappa shape index (κ2) is 6.58. The number of carbonyl (C=O) groups excluding carboxylic acids is 1. The number of amides is 1. The van der Waals surface area contributed by atoms with Gasteiger partial charge in [0.05, 0.1) is 6.26 Å². The highest BCUT2D eigenvalue weighted by Crippen LogP contribution is 2.29. The predicted molar refractivity (Wildman–Crippen MR) is 82.6 cm³/mol. The Balaban J connectivity index is 1.87. The summed E-state index contributed by atoms with van der Waals surface area (Å²) in [6, 6.07) is 8.27. The van der Waals surface area contributed by atoms with Gasteiger partial charge in [0, 0.05) is 32.0 Å². The normalized spacial score (nSPS) is 19.0. The van der Waals surface area contributed by atoms with Crippen LogP contribution in [0, 0.1) is 6.92 Å². The SMILES string of the molecule is Cc1ccccc1[C@@H]1CCN(C(=O)CCNS(C)(=O)=O)C1. The van der Waals surface area contributed by atoms with Crippen molar-refractivity contribution in [2.75, 3.05) is 25.9 Å². The van der Waals surface area contributed by atoms with Crippen molar-refractivity contribution in [1.29, 1.82) is 0 Å². The zero-order valence-electron chi connectivity index (χ0n) is 12.5. The van der Waals surface area contributed by atoms with Crippen molar-refractivity contribution in [2.45, 2.75) is 25.7 Å². The van der Waals surface area contributed by atoms with Gasteiger partial charge in [-0.2, -0.15) is 0 Å². The zero-order valence-corrected chi connectivity index (χ0v) is 13.3. The molecule has 0 saturated carbocycles. The molecule has 6 heteroatoms. The number of hydrogen-bond acceptors (Lipinski definition) is 3. The molecule has 1 saturated heterocycles. The first kappa shape index (κ1) is 16.0. The number of aryl methyl sites for hydroxylation is 1. The highest BCUT2D eigenvalue weighted by atomic mass is 32.2. The molecule has 0 radical (unpaired) electrons. The maximum atomic E-state index is 12.1. The molecule has 0 unspecified atom stereocenters. The lowest BCUT2D eigenvalue weighted by molar-refractivity contribution is -0.130. The van der Waals surface area contributed by atoms with Crippen molar-refractivity contribution in [3.05, 3.63) is 35.4 Å². The van der Waals surface area contributed by atoms with Crippen LogP contribution >= 0.6 is 0 Å².